The molecule has 3 aliphatic rings. The molecule has 3 saturated heterocycles. The van der Waals surface area contributed by atoms with Crippen LogP contribution in [0.3, 0.4) is 0 Å². The zero-order valence-corrected chi connectivity index (χ0v) is 24.6. The first-order valence-corrected chi connectivity index (χ1v) is 14.9. The summed E-state index contributed by atoms with van der Waals surface area (Å²) in [5.74, 6) is -0.231. The number of amides is 1. The van der Waals surface area contributed by atoms with E-state index in [1.807, 2.05) is 0 Å². The molecule has 45 heavy (non-hydrogen) atoms. The quantitative estimate of drug-likeness (QED) is 0.0684. The van der Waals surface area contributed by atoms with E-state index in [9.17, 15) is 55.9 Å². The zero-order chi connectivity index (χ0) is 33.3. The number of carbonyl (C=O) groups is 1. The van der Waals surface area contributed by atoms with Crippen LogP contribution in [0.15, 0.2) is 0 Å². The summed E-state index contributed by atoms with van der Waals surface area (Å²) in [7, 11) is 0. The first-order chi connectivity index (χ1) is 21.4. The fraction of sp³-hybridized carbons (Fsp3) is 0.962. The van der Waals surface area contributed by atoms with Crippen molar-refractivity contribution in [2.45, 2.75) is 118 Å². The molecule has 3 fully saturated rings. The molecular formula is C26H48N2O17. The highest BCUT2D eigenvalue weighted by atomic mass is 16.7. The Morgan fingerprint density at radius 3 is 1.80 bits per heavy atom. The summed E-state index contributed by atoms with van der Waals surface area (Å²) < 4.78 is 33.0. The Bertz CT molecular complexity index is 873. The van der Waals surface area contributed by atoms with Crippen molar-refractivity contribution in [2.24, 2.45) is 5.73 Å². The van der Waals surface area contributed by atoms with Crippen LogP contribution in [0.1, 0.15) is 25.7 Å². The number of hydrogen-bond acceptors (Lipinski definition) is 18. The first-order valence-electron chi connectivity index (χ1n) is 14.9. The Balaban J connectivity index is 1.68. The van der Waals surface area contributed by atoms with Gasteiger partial charge in [-0.05, 0) is 19.4 Å². The molecule has 0 spiro atoms. The largest absolute Gasteiger partial charge is 0.394 e. The zero-order valence-electron chi connectivity index (χ0n) is 24.6. The number of hydrogen-bond donors (Lipinski definition) is 12. The molecule has 19 nitrogen and oxygen atoms in total. The minimum absolute atomic E-state index is 0.0229. The highest BCUT2D eigenvalue weighted by molar-refractivity contribution is 5.75. The van der Waals surface area contributed by atoms with E-state index in [-0.39, 0.29) is 25.5 Å². The normalized spacial score (nSPS) is 42.4. The van der Waals surface area contributed by atoms with Crippen LogP contribution in [-0.4, -0.2) is 189 Å². The van der Waals surface area contributed by atoms with Crippen LogP contribution in [-0.2, 0) is 33.2 Å². The molecule has 0 aromatic carbocycles. The molecule has 264 valence electrons. The topological polar surface area (TPSA) is 313 Å². The van der Waals surface area contributed by atoms with Crippen molar-refractivity contribution in [3.05, 3.63) is 0 Å². The number of carbonyl (C=O) groups excluding carboxylic acids is 1. The molecule has 3 rings (SSSR count). The number of nitrogens with two attached hydrogens (primary N) is 1. The molecule has 1 amide bonds. The van der Waals surface area contributed by atoms with E-state index in [0.717, 1.165) is 12.8 Å². The number of unbranched alkanes of at least 4 members (excludes halogenated alkanes) is 2. The van der Waals surface area contributed by atoms with Crippen molar-refractivity contribution in [2.75, 3.05) is 39.5 Å². The molecule has 3 heterocycles. The van der Waals surface area contributed by atoms with E-state index in [1.54, 1.807) is 0 Å². The third-order valence-electron chi connectivity index (χ3n) is 7.87. The smallest absolute Gasteiger partial charge is 0.220 e. The van der Waals surface area contributed by atoms with Crippen LogP contribution in [0.2, 0.25) is 0 Å². The summed E-state index contributed by atoms with van der Waals surface area (Å²) in [6.45, 7) is -1.68. The molecule has 3 aliphatic heterocycles. The van der Waals surface area contributed by atoms with Gasteiger partial charge < -0.3 is 90.5 Å². The molecule has 15 atom stereocenters. The molecule has 0 aliphatic carbocycles. The lowest BCUT2D eigenvalue weighted by molar-refractivity contribution is -0.366. The number of aliphatic hydroxyl groups is 10. The Morgan fingerprint density at radius 2 is 1.20 bits per heavy atom. The van der Waals surface area contributed by atoms with Gasteiger partial charge in [-0.25, -0.2) is 0 Å². The highest BCUT2D eigenvalue weighted by Gasteiger charge is 2.52. The van der Waals surface area contributed by atoms with Crippen molar-refractivity contribution < 1.29 is 84.3 Å². The summed E-state index contributed by atoms with van der Waals surface area (Å²) in [6, 6.07) is 0. The fourth-order valence-electron chi connectivity index (χ4n) is 5.13. The lowest BCUT2D eigenvalue weighted by Gasteiger charge is -2.46. The molecule has 19 heteroatoms. The summed E-state index contributed by atoms with van der Waals surface area (Å²) in [6.07, 6.45) is -22.1. The van der Waals surface area contributed by atoms with E-state index in [2.05, 4.69) is 5.32 Å². The highest BCUT2D eigenvalue weighted by Crippen LogP contribution is 2.31. The molecule has 0 radical (unpaired) electrons. The van der Waals surface area contributed by atoms with Crippen molar-refractivity contribution in [3.63, 3.8) is 0 Å². The Hall–Kier alpha value is -1.21. The minimum Gasteiger partial charge on any atom is -0.394 e. The second kappa shape index (κ2) is 18.4. The first kappa shape index (κ1) is 38.2. The van der Waals surface area contributed by atoms with Crippen LogP contribution in [0.5, 0.6) is 0 Å². The second-order valence-corrected chi connectivity index (χ2v) is 11.2. The number of ether oxygens (including phenoxy) is 6. The molecule has 0 aromatic heterocycles. The lowest BCUT2D eigenvalue weighted by atomic mass is 9.96. The van der Waals surface area contributed by atoms with Crippen molar-refractivity contribution in [1.82, 2.24) is 5.32 Å². The van der Waals surface area contributed by atoms with Crippen LogP contribution >= 0.6 is 0 Å². The van der Waals surface area contributed by atoms with Crippen molar-refractivity contribution in [3.8, 4) is 0 Å². The maximum absolute atomic E-state index is 12.0. The molecule has 0 unspecified atom stereocenters. The van der Waals surface area contributed by atoms with E-state index >= 15 is 0 Å². The van der Waals surface area contributed by atoms with Gasteiger partial charge in [0, 0.05) is 13.0 Å². The third-order valence-corrected chi connectivity index (χ3v) is 7.87. The van der Waals surface area contributed by atoms with Crippen molar-refractivity contribution >= 4 is 5.91 Å². The van der Waals surface area contributed by atoms with E-state index in [4.69, 9.17) is 34.2 Å². The average molecular weight is 661 g/mol. The maximum Gasteiger partial charge on any atom is 0.220 e. The standard InChI is InChI=1S/C26H48N2O17/c27-5-3-1-2-4-14(31)28-6-7-40-25-22(39)23(45-26-21(38)19(36)16(33)12(9-30)43-26)17(34)13(44-25)10-41-24-20(37)18(35)15(32)11(8-29)42-24/h11-13,15-26,29-30,32-39H,1-10,27H2,(H,28,31)/t11-,12-,13-,15-,16-,17-,18+,19+,20-,21+,22+,23+,24+,25+,26-/m1/s1. The van der Waals surface area contributed by atoms with Crippen LogP contribution in [0, 0.1) is 0 Å². The van der Waals surface area contributed by atoms with E-state index < -0.39 is 112 Å². The van der Waals surface area contributed by atoms with Crippen LogP contribution in [0.25, 0.3) is 0 Å². The molecule has 0 aromatic rings. The van der Waals surface area contributed by atoms with Gasteiger partial charge in [-0.3, -0.25) is 4.79 Å². The maximum atomic E-state index is 12.0. The number of aliphatic hydroxyl groups excluding tert-OH is 10. The van der Waals surface area contributed by atoms with Gasteiger partial charge in [0.15, 0.2) is 18.9 Å². The summed E-state index contributed by atoms with van der Waals surface area (Å²) in [5.41, 5.74) is 5.44. The van der Waals surface area contributed by atoms with Gasteiger partial charge in [-0.1, -0.05) is 6.42 Å². The molecule has 13 N–H and O–H groups in total. The minimum atomic E-state index is -1.87. The number of rotatable bonds is 16. The monoisotopic (exact) mass is 660 g/mol. The molecule has 0 saturated carbocycles. The average Bonchev–Trinajstić information content (AvgIpc) is 3.03. The lowest BCUT2D eigenvalue weighted by Crippen LogP contribution is -2.65. The molecule has 0 bridgehead atoms. The van der Waals surface area contributed by atoms with Gasteiger partial charge in [0.05, 0.1) is 26.4 Å². The fourth-order valence-corrected chi connectivity index (χ4v) is 5.13. The predicted octanol–water partition coefficient (Wildman–Crippen LogP) is -6.91. The third kappa shape index (κ3) is 9.90. The molecular weight excluding hydrogens is 612 g/mol. The SMILES string of the molecule is NCCCCCC(=O)NCCO[C@H]1O[C@H](CO[C@H]2O[C@H](CO)[C@@H](O)[C@H](O)[C@H]2O)[C@@H](O)[C@H](O[C@H]2O[C@H](CO)[C@@H](O)[C@H](O)[C@@H]2O)[C@@H]1O. The van der Waals surface area contributed by atoms with Crippen LogP contribution in [0.4, 0.5) is 0 Å². The second-order valence-electron chi connectivity index (χ2n) is 11.2. The van der Waals surface area contributed by atoms with Gasteiger partial charge in [0.25, 0.3) is 0 Å². The van der Waals surface area contributed by atoms with Crippen LogP contribution < -0.4 is 11.1 Å². The van der Waals surface area contributed by atoms with Gasteiger partial charge in [-0.15, -0.1) is 0 Å². The van der Waals surface area contributed by atoms with Gasteiger partial charge in [-0.2, -0.15) is 0 Å². The summed E-state index contributed by atoms with van der Waals surface area (Å²) in [4.78, 5) is 12.0. The van der Waals surface area contributed by atoms with E-state index in [0.29, 0.717) is 13.0 Å². The summed E-state index contributed by atoms with van der Waals surface area (Å²) in [5, 5.41) is 105. The van der Waals surface area contributed by atoms with Gasteiger partial charge in [0.2, 0.25) is 5.91 Å². The Morgan fingerprint density at radius 1 is 0.644 bits per heavy atom. The van der Waals surface area contributed by atoms with E-state index in [1.165, 1.54) is 0 Å². The van der Waals surface area contributed by atoms with Gasteiger partial charge >= 0.3 is 0 Å². The van der Waals surface area contributed by atoms with Crippen molar-refractivity contribution in [1.29, 1.82) is 0 Å². The number of nitrogens with one attached hydrogen (secondary N) is 1. The Kier molecular flexibility index (Phi) is 15.6. The predicted molar refractivity (Wildman–Crippen MR) is 146 cm³/mol. The summed E-state index contributed by atoms with van der Waals surface area (Å²) >= 11 is 0. The van der Waals surface area contributed by atoms with Gasteiger partial charge in [0.1, 0.15) is 73.2 Å². The Labute approximate surface area is 259 Å².